The molecule has 1 heterocycles. The first-order valence-electron chi connectivity index (χ1n) is 4.12. The Morgan fingerprint density at radius 1 is 1.27 bits per heavy atom. The Morgan fingerprint density at radius 2 is 1.93 bits per heavy atom. The van der Waals surface area contributed by atoms with Crippen molar-refractivity contribution in [3.8, 4) is 11.4 Å². The molecular formula is C9H7N3O3. The van der Waals surface area contributed by atoms with E-state index in [4.69, 9.17) is 10.2 Å². The monoisotopic (exact) mass is 205 g/mol. The van der Waals surface area contributed by atoms with Crippen molar-refractivity contribution in [3.63, 3.8) is 0 Å². The number of carboxylic acids is 1. The second kappa shape index (κ2) is 3.41. The summed E-state index contributed by atoms with van der Waals surface area (Å²) in [5.74, 6) is -0.996. The lowest BCUT2D eigenvalue weighted by atomic mass is 10.3. The van der Waals surface area contributed by atoms with E-state index in [9.17, 15) is 4.79 Å². The molecule has 2 aromatic rings. The summed E-state index contributed by atoms with van der Waals surface area (Å²) in [5.41, 5.74) is 0.461. The highest BCUT2D eigenvalue weighted by molar-refractivity contribution is 5.84. The van der Waals surface area contributed by atoms with Crippen LogP contribution in [-0.4, -0.2) is 31.2 Å². The van der Waals surface area contributed by atoms with E-state index in [1.807, 2.05) is 0 Å². The molecule has 0 spiro atoms. The Kier molecular flexibility index (Phi) is 2.09. The van der Waals surface area contributed by atoms with Crippen molar-refractivity contribution in [2.45, 2.75) is 0 Å². The molecule has 0 fully saturated rings. The molecule has 15 heavy (non-hydrogen) atoms. The zero-order valence-electron chi connectivity index (χ0n) is 7.53. The molecule has 1 aromatic carbocycles. The SMILES string of the molecule is O=C(O)c1cnn(-c2ccc(O)cc2)n1. The van der Waals surface area contributed by atoms with E-state index in [1.165, 1.54) is 16.9 Å². The summed E-state index contributed by atoms with van der Waals surface area (Å²) in [6.07, 6.45) is 1.16. The Balaban J connectivity index is 2.37. The summed E-state index contributed by atoms with van der Waals surface area (Å²) in [6.45, 7) is 0. The molecule has 0 aliphatic carbocycles. The van der Waals surface area contributed by atoms with Crippen LogP contribution in [-0.2, 0) is 0 Å². The molecule has 0 radical (unpaired) electrons. The highest BCUT2D eigenvalue weighted by Crippen LogP contribution is 2.11. The molecule has 0 atom stereocenters. The topological polar surface area (TPSA) is 88.2 Å². The lowest BCUT2D eigenvalue weighted by Crippen LogP contribution is -2.01. The lowest BCUT2D eigenvalue weighted by molar-refractivity contribution is 0.0690. The van der Waals surface area contributed by atoms with Gasteiger partial charge < -0.3 is 10.2 Å². The maximum atomic E-state index is 10.5. The maximum absolute atomic E-state index is 10.5. The molecule has 0 saturated carbocycles. The second-order valence-corrected chi connectivity index (χ2v) is 2.84. The van der Waals surface area contributed by atoms with Crippen LogP contribution in [0, 0.1) is 0 Å². The van der Waals surface area contributed by atoms with Crippen LogP contribution in [0.1, 0.15) is 10.5 Å². The summed E-state index contributed by atoms with van der Waals surface area (Å²) in [6, 6.07) is 6.11. The summed E-state index contributed by atoms with van der Waals surface area (Å²) >= 11 is 0. The van der Waals surface area contributed by atoms with Crippen molar-refractivity contribution in [3.05, 3.63) is 36.2 Å². The number of nitrogens with zero attached hydrogens (tertiary/aromatic N) is 3. The summed E-state index contributed by atoms with van der Waals surface area (Å²) in [4.78, 5) is 11.7. The van der Waals surface area contributed by atoms with E-state index in [1.54, 1.807) is 12.1 Å². The number of hydrogen-bond donors (Lipinski definition) is 2. The van der Waals surface area contributed by atoms with Gasteiger partial charge in [-0.2, -0.15) is 9.90 Å². The molecule has 1 aromatic heterocycles. The minimum Gasteiger partial charge on any atom is -0.508 e. The van der Waals surface area contributed by atoms with Gasteiger partial charge in [0.05, 0.1) is 11.9 Å². The van der Waals surface area contributed by atoms with Gasteiger partial charge in [-0.3, -0.25) is 0 Å². The Bertz CT molecular complexity index is 490. The van der Waals surface area contributed by atoms with Crippen molar-refractivity contribution < 1.29 is 15.0 Å². The number of carboxylic acid groups (broad SMARTS) is 1. The van der Waals surface area contributed by atoms with Crippen LogP contribution < -0.4 is 0 Å². The minimum atomic E-state index is -1.12. The third-order valence-corrected chi connectivity index (χ3v) is 1.79. The van der Waals surface area contributed by atoms with Gasteiger partial charge in [0, 0.05) is 0 Å². The third-order valence-electron chi connectivity index (χ3n) is 1.79. The number of aromatic nitrogens is 3. The average molecular weight is 205 g/mol. The van der Waals surface area contributed by atoms with Gasteiger partial charge in [0.25, 0.3) is 0 Å². The number of benzene rings is 1. The van der Waals surface area contributed by atoms with Gasteiger partial charge in [0.1, 0.15) is 5.75 Å². The predicted molar refractivity (Wildman–Crippen MR) is 50.0 cm³/mol. The Morgan fingerprint density at radius 3 is 2.47 bits per heavy atom. The van der Waals surface area contributed by atoms with E-state index in [0.29, 0.717) is 5.69 Å². The molecule has 0 saturated heterocycles. The van der Waals surface area contributed by atoms with Crippen LogP contribution in [0.2, 0.25) is 0 Å². The molecule has 2 N–H and O–H groups in total. The number of hydrogen-bond acceptors (Lipinski definition) is 4. The first kappa shape index (κ1) is 9.20. The molecule has 0 aliphatic heterocycles. The van der Waals surface area contributed by atoms with Crippen LogP contribution in [0.4, 0.5) is 0 Å². The predicted octanol–water partition coefficient (Wildman–Crippen LogP) is 0.671. The Hall–Kier alpha value is -2.37. The third kappa shape index (κ3) is 1.78. The van der Waals surface area contributed by atoms with Gasteiger partial charge in [0.15, 0.2) is 5.69 Å². The van der Waals surface area contributed by atoms with Crippen LogP contribution in [0.25, 0.3) is 5.69 Å². The number of phenolic OH excluding ortho intramolecular Hbond substituents is 1. The van der Waals surface area contributed by atoms with Crippen molar-refractivity contribution in [1.82, 2.24) is 15.0 Å². The molecular weight excluding hydrogens is 198 g/mol. The van der Waals surface area contributed by atoms with Crippen molar-refractivity contribution in [2.24, 2.45) is 0 Å². The number of aromatic hydroxyl groups is 1. The molecule has 6 nitrogen and oxygen atoms in total. The van der Waals surface area contributed by atoms with Crippen molar-refractivity contribution in [2.75, 3.05) is 0 Å². The molecule has 0 unspecified atom stereocenters. The van der Waals surface area contributed by atoms with Gasteiger partial charge >= 0.3 is 5.97 Å². The standard InChI is InChI=1S/C9H7N3O3/c13-7-3-1-6(2-4-7)12-10-5-8(11-12)9(14)15/h1-5,13H,(H,14,15). The fourth-order valence-electron chi connectivity index (χ4n) is 1.07. The molecule has 76 valence electrons. The van der Waals surface area contributed by atoms with Crippen LogP contribution in [0.5, 0.6) is 5.75 Å². The molecule has 6 heteroatoms. The molecule has 0 amide bonds. The van der Waals surface area contributed by atoms with E-state index >= 15 is 0 Å². The number of carbonyl (C=O) groups is 1. The average Bonchev–Trinajstić information content (AvgIpc) is 2.68. The normalized spacial score (nSPS) is 10.1. The fourth-order valence-corrected chi connectivity index (χ4v) is 1.07. The molecule has 0 aliphatic rings. The molecule has 0 bridgehead atoms. The van der Waals surface area contributed by atoms with Gasteiger partial charge in [-0.25, -0.2) is 4.79 Å². The van der Waals surface area contributed by atoms with E-state index in [-0.39, 0.29) is 11.4 Å². The summed E-state index contributed by atoms with van der Waals surface area (Å²) in [5, 5.41) is 25.2. The van der Waals surface area contributed by atoms with Crippen LogP contribution in [0.3, 0.4) is 0 Å². The second-order valence-electron chi connectivity index (χ2n) is 2.84. The van der Waals surface area contributed by atoms with Crippen molar-refractivity contribution in [1.29, 1.82) is 0 Å². The van der Waals surface area contributed by atoms with E-state index in [0.717, 1.165) is 6.20 Å². The van der Waals surface area contributed by atoms with Gasteiger partial charge in [-0.15, -0.1) is 5.10 Å². The minimum absolute atomic E-state index is 0.122. The van der Waals surface area contributed by atoms with E-state index in [2.05, 4.69) is 10.2 Å². The van der Waals surface area contributed by atoms with Gasteiger partial charge in [-0.05, 0) is 24.3 Å². The molecule has 2 rings (SSSR count). The first-order valence-corrected chi connectivity index (χ1v) is 4.12. The lowest BCUT2D eigenvalue weighted by Gasteiger charge is -1.98. The number of phenols is 1. The maximum Gasteiger partial charge on any atom is 0.358 e. The highest BCUT2D eigenvalue weighted by atomic mass is 16.4. The number of rotatable bonds is 2. The highest BCUT2D eigenvalue weighted by Gasteiger charge is 2.08. The zero-order chi connectivity index (χ0) is 10.8. The first-order chi connectivity index (χ1) is 7.16. The zero-order valence-corrected chi connectivity index (χ0v) is 7.53. The smallest absolute Gasteiger partial charge is 0.358 e. The quantitative estimate of drug-likeness (QED) is 0.752. The van der Waals surface area contributed by atoms with Gasteiger partial charge in [-0.1, -0.05) is 0 Å². The van der Waals surface area contributed by atoms with Crippen LogP contribution >= 0.6 is 0 Å². The van der Waals surface area contributed by atoms with Crippen molar-refractivity contribution >= 4 is 5.97 Å². The summed E-state index contributed by atoms with van der Waals surface area (Å²) in [7, 11) is 0. The van der Waals surface area contributed by atoms with Gasteiger partial charge in [0.2, 0.25) is 0 Å². The number of aromatic carboxylic acids is 1. The van der Waals surface area contributed by atoms with E-state index < -0.39 is 5.97 Å². The van der Waals surface area contributed by atoms with Crippen LogP contribution in [0.15, 0.2) is 30.5 Å². The largest absolute Gasteiger partial charge is 0.508 e. The fraction of sp³-hybridized carbons (Fsp3) is 0. The summed E-state index contributed by atoms with van der Waals surface area (Å²) < 4.78 is 0. The Labute approximate surface area is 84.4 Å².